The molecule has 5 heteroatoms. The maximum absolute atomic E-state index is 10.4. The number of amides is 2. The monoisotopic (exact) mass is 211 g/mol. The number of carbonyl (C=O) groups excluding carboxylic acids is 1. The summed E-state index contributed by atoms with van der Waals surface area (Å²) in [6, 6.07) is 6.48. The Balaban J connectivity index is 2.83. The van der Waals surface area contributed by atoms with Crippen LogP contribution in [0.15, 0.2) is 29.4 Å². The fourth-order valence-electron chi connectivity index (χ4n) is 0.917. The summed E-state index contributed by atoms with van der Waals surface area (Å²) in [5.74, 6) is 0. The van der Waals surface area contributed by atoms with Crippen molar-refractivity contribution >= 4 is 23.3 Å². The standard InChI is InChI=1S/C9H10ClN3O/c1-6(12-13-9(11)14)7-3-2-4-8(10)5-7/h2-5H,1H3,(H3,11,13,14)/b12-6+. The van der Waals surface area contributed by atoms with Crippen LogP contribution in [-0.2, 0) is 0 Å². The zero-order valence-corrected chi connectivity index (χ0v) is 8.38. The number of rotatable bonds is 2. The first kappa shape index (κ1) is 10.5. The molecule has 0 radical (unpaired) electrons. The Bertz CT molecular complexity index is 376. The van der Waals surface area contributed by atoms with Crippen molar-refractivity contribution in [2.24, 2.45) is 10.8 Å². The highest BCUT2D eigenvalue weighted by Gasteiger charge is 1.98. The van der Waals surface area contributed by atoms with Gasteiger partial charge in [-0.3, -0.25) is 0 Å². The lowest BCUT2D eigenvalue weighted by molar-refractivity contribution is 0.249. The van der Waals surface area contributed by atoms with Crippen LogP contribution >= 0.6 is 11.6 Å². The summed E-state index contributed by atoms with van der Waals surface area (Å²) in [7, 11) is 0. The Morgan fingerprint density at radius 3 is 2.86 bits per heavy atom. The summed E-state index contributed by atoms with van der Waals surface area (Å²) in [6.45, 7) is 1.75. The predicted molar refractivity (Wildman–Crippen MR) is 56.4 cm³/mol. The third-order valence-electron chi connectivity index (χ3n) is 1.58. The van der Waals surface area contributed by atoms with Crippen LogP contribution in [0.1, 0.15) is 12.5 Å². The molecular weight excluding hydrogens is 202 g/mol. The molecule has 0 aliphatic heterocycles. The highest BCUT2D eigenvalue weighted by molar-refractivity contribution is 6.31. The third kappa shape index (κ3) is 3.06. The molecule has 0 aliphatic rings. The number of urea groups is 1. The minimum atomic E-state index is -0.689. The van der Waals surface area contributed by atoms with Crippen molar-refractivity contribution in [1.82, 2.24) is 5.43 Å². The van der Waals surface area contributed by atoms with Gasteiger partial charge < -0.3 is 5.73 Å². The number of primary amides is 1. The number of nitrogens with zero attached hydrogens (tertiary/aromatic N) is 1. The van der Waals surface area contributed by atoms with Gasteiger partial charge in [-0.2, -0.15) is 5.10 Å². The van der Waals surface area contributed by atoms with Crippen LogP contribution < -0.4 is 11.2 Å². The molecule has 0 spiro atoms. The SMILES string of the molecule is C/C(=N\NC(N)=O)c1cccc(Cl)c1. The topological polar surface area (TPSA) is 67.5 Å². The summed E-state index contributed by atoms with van der Waals surface area (Å²) in [4.78, 5) is 10.4. The Kier molecular flexibility index (Phi) is 3.48. The van der Waals surface area contributed by atoms with E-state index in [1.807, 2.05) is 6.07 Å². The molecule has 0 fully saturated rings. The molecule has 2 amide bonds. The van der Waals surface area contributed by atoms with Crippen molar-refractivity contribution in [3.8, 4) is 0 Å². The number of halogens is 1. The Hall–Kier alpha value is -1.55. The Morgan fingerprint density at radius 1 is 1.57 bits per heavy atom. The van der Waals surface area contributed by atoms with E-state index in [9.17, 15) is 4.79 Å². The lowest BCUT2D eigenvalue weighted by Gasteiger charge is -2.00. The Labute approximate surface area is 86.7 Å². The fourth-order valence-corrected chi connectivity index (χ4v) is 1.11. The number of nitrogens with one attached hydrogen (secondary N) is 1. The van der Waals surface area contributed by atoms with Gasteiger partial charge in [-0.25, -0.2) is 10.2 Å². The smallest absolute Gasteiger partial charge is 0.332 e. The Morgan fingerprint density at radius 2 is 2.29 bits per heavy atom. The molecule has 0 unspecified atom stereocenters. The summed E-state index contributed by atoms with van der Waals surface area (Å²) < 4.78 is 0. The van der Waals surface area contributed by atoms with Gasteiger partial charge in [0.25, 0.3) is 0 Å². The quantitative estimate of drug-likeness (QED) is 0.568. The summed E-state index contributed by atoms with van der Waals surface area (Å²) in [5, 5.41) is 4.39. The number of hydrogen-bond donors (Lipinski definition) is 2. The number of benzene rings is 1. The van der Waals surface area contributed by atoms with Crippen LogP contribution in [0.2, 0.25) is 5.02 Å². The molecule has 0 saturated heterocycles. The molecule has 0 aromatic heterocycles. The first-order chi connectivity index (χ1) is 6.59. The van der Waals surface area contributed by atoms with Gasteiger partial charge in [0.1, 0.15) is 0 Å². The molecule has 0 atom stereocenters. The number of hydrazone groups is 1. The zero-order valence-electron chi connectivity index (χ0n) is 7.62. The van der Waals surface area contributed by atoms with Crippen molar-refractivity contribution < 1.29 is 4.79 Å². The van der Waals surface area contributed by atoms with Gasteiger partial charge in [0, 0.05) is 5.02 Å². The van der Waals surface area contributed by atoms with Crippen LogP contribution in [0.25, 0.3) is 0 Å². The van der Waals surface area contributed by atoms with Gasteiger partial charge >= 0.3 is 6.03 Å². The van der Waals surface area contributed by atoms with Gasteiger partial charge in [-0.05, 0) is 24.6 Å². The third-order valence-corrected chi connectivity index (χ3v) is 1.81. The summed E-state index contributed by atoms with van der Waals surface area (Å²) in [5.41, 5.74) is 8.50. The zero-order chi connectivity index (χ0) is 10.6. The van der Waals surface area contributed by atoms with Gasteiger partial charge in [-0.15, -0.1) is 0 Å². The molecule has 0 heterocycles. The van der Waals surface area contributed by atoms with E-state index in [0.717, 1.165) is 5.56 Å². The number of nitrogens with two attached hydrogens (primary N) is 1. The van der Waals surface area contributed by atoms with E-state index < -0.39 is 6.03 Å². The van der Waals surface area contributed by atoms with E-state index in [0.29, 0.717) is 10.7 Å². The predicted octanol–water partition coefficient (Wildman–Crippen LogP) is 1.73. The molecule has 74 valence electrons. The highest BCUT2D eigenvalue weighted by Crippen LogP contribution is 2.11. The maximum Gasteiger partial charge on any atom is 0.332 e. The lowest BCUT2D eigenvalue weighted by atomic mass is 10.1. The molecule has 0 bridgehead atoms. The van der Waals surface area contributed by atoms with Crippen molar-refractivity contribution in [2.45, 2.75) is 6.92 Å². The molecule has 1 aromatic carbocycles. The highest BCUT2D eigenvalue weighted by atomic mass is 35.5. The first-order valence-corrected chi connectivity index (χ1v) is 4.33. The van der Waals surface area contributed by atoms with Crippen LogP contribution in [0.5, 0.6) is 0 Å². The molecule has 14 heavy (non-hydrogen) atoms. The normalized spacial score (nSPS) is 11.1. The van der Waals surface area contributed by atoms with Crippen LogP contribution in [0.4, 0.5) is 4.79 Å². The average molecular weight is 212 g/mol. The van der Waals surface area contributed by atoms with Crippen molar-refractivity contribution in [1.29, 1.82) is 0 Å². The average Bonchev–Trinajstić information content (AvgIpc) is 2.14. The summed E-state index contributed by atoms with van der Waals surface area (Å²) >= 11 is 5.78. The minimum absolute atomic E-state index is 0.621. The van der Waals surface area contributed by atoms with E-state index >= 15 is 0 Å². The molecule has 1 rings (SSSR count). The van der Waals surface area contributed by atoms with Crippen molar-refractivity contribution in [2.75, 3.05) is 0 Å². The van der Waals surface area contributed by atoms with E-state index in [-0.39, 0.29) is 0 Å². The summed E-state index contributed by atoms with van der Waals surface area (Å²) in [6.07, 6.45) is 0. The molecule has 4 nitrogen and oxygen atoms in total. The maximum atomic E-state index is 10.4. The van der Waals surface area contributed by atoms with E-state index in [1.165, 1.54) is 0 Å². The number of hydrogen-bond acceptors (Lipinski definition) is 2. The van der Waals surface area contributed by atoms with Gasteiger partial charge in [0.15, 0.2) is 0 Å². The van der Waals surface area contributed by atoms with E-state index in [1.54, 1.807) is 25.1 Å². The van der Waals surface area contributed by atoms with Gasteiger partial charge in [0.05, 0.1) is 5.71 Å². The molecule has 0 aliphatic carbocycles. The van der Waals surface area contributed by atoms with E-state index in [4.69, 9.17) is 17.3 Å². The lowest BCUT2D eigenvalue weighted by Crippen LogP contribution is -2.25. The fraction of sp³-hybridized carbons (Fsp3) is 0.111. The molecular formula is C9H10ClN3O. The van der Waals surface area contributed by atoms with Crippen molar-refractivity contribution in [3.63, 3.8) is 0 Å². The largest absolute Gasteiger partial charge is 0.350 e. The molecule has 0 saturated carbocycles. The second-order valence-electron chi connectivity index (χ2n) is 2.68. The van der Waals surface area contributed by atoms with Crippen LogP contribution in [0, 0.1) is 0 Å². The second kappa shape index (κ2) is 4.62. The first-order valence-electron chi connectivity index (χ1n) is 3.95. The van der Waals surface area contributed by atoms with Crippen LogP contribution in [0.3, 0.4) is 0 Å². The van der Waals surface area contributed by atoms with Crippen LogP contribution in [-0.4, -0.2) is 11.7 Å². The van der Waals surface area contributed by atoms with Gasteiger partial charge in [0.2, 0.25) is 0 Å². The second-order valence-corrected chi connectivity index (χ2v) is 3.12. The van der Waals surface area contributed by atoms with E-state index in [2.05, 4.69) is 10.5 Å². The molecule has 1 aromatic rings. The minimum Gasteiger partial charge on any atom is -0.350 e. The van der Waals surface area contributed by atoms with Gasteiger partial charge in [-0.1, -0.05) is 23.7 Å². The molecule has 3 N–H and O–H groups in total. The number of carbonyl (C=O) groups is 1. The van der Waals surface area contributed by atoms with Crippen molar-refractivity contribution in [3.05, 3.63) is 34.9 Å².